The van der Waals surface area contributed by atoms with Crippen molar-refractivity contribution in [1.82, 2.24) is 4.98 Å². The summed E-state index contributed by atoms with van der Waals surface area (Å²) >= 11 is -1.21. The van der Waals surface area contributed by atoms with Crippen LogP contribution in [0.15, 0.2) is 22.7 Å². The van der Waals surface area contributed by atoms with Gasteiger partial charge in [-0.25, -0.2) is 0 Å². The Morgan fingerprint density at radius 2 is 1.95 bits per heavy atom. The fourth-order valence-electron chi connectivity index (χ4n) is 3.50. The van der Waals surface area contributed by atoms with Crippen molar-refractivity contribution in [2.45, 2.75) is 64.0 Å². The molecular weight excluding hydrogens is 280 g/mol. The van der Waals surface area contributed by atoms with Crippen LogP contribution < -0.4 is 0 Å². The van der Waals surface area contributed by atoms with Crippen LogP contribution in [0, 0.1) is 5.41 Å². The maximum absolute atomic E-state index is 12.6. The molecule has 0 aliphatic heterocycles. The minimum absolute atomic E-state index is 0.0931. The molecule has 0 radical (unpaired) electrons. The number of hydrogen-bond acceptors (Lipinski definition) is 3. The Kier molecular flexibility index (Phi) is 3.87. The zero-order chi connectivity index (χ0) is 15.1. The van der Waals surface area contributed by atoms with E-state index in [9.17, 15) is 4.55 Å². The molecule has 0 saturated heterocycles. The summed E-state index contributed by atoms with van der Waals surface area (Å²) in [6, 6.07) is 4.15. The van der Waals surface area contributed by atoms with Crippen LogP contribution in [0.3, 0.4) is 0 Å². The van der Waals surface area contributed by atoms with E-state index in [2.05, 4.69) is 11.1 Å². The fourth-order valence-corrected chi connectivity index (χ4v) is 4.22. The standard InChI is InChI=1S/C17H24N2OS/c1-16(2,3)21(20)19-15-14-13(8-7-11-18-14)12-17(15)9-5-4-6-10-17/h7-8,11H,4-6,9-10,12H2,1-3H3. The van der Waals surface area contributed by atoms with Crippen LogP contribution in [-0.2, 0) is 17.8 Å². The number of nitrogens with zero attached hydrogens (tertiary/aromatic N) is 2. The van der Waals surface area contributed by atoms with Crippen LogP contribution in [-0.4, -0.2) is 20.0 Å². The summed E-state index contributed by atoms with van der Waals surface area (Å²) in [6.45, 7) is 5.94. The van der Waals surface area contributed by atoms with Crippen molar-refractivity contribution >= 4 is 17.1 Å². The summed E-state index contributed by atoms with van der Waals surface area (Å²) in [5, 5.41) is 0. The Labute approximate surface area is 130 Å². The summed E-state index contributed by atoms with van der Waals surface area (Å²) < 4.78 is 16.9. The third-order valence-corrected chi connectivity index (χ3v) is 6.05. The minimum atomic E-state index is -1.21. The van der Waals surface area contributed by atoms with Crippen molar-refractivity contribution in [1.29, 1.82) is 0 Å². The number of pyridine rings is 1. The first-order valence-electron chi connectivity index (χ1n) is 7.88. The molecule has 1 saturated carbocycles. The maximum atomic E-state index is 12.6. The van der Waals surface area contributed by atoms with Gasteiger partial charge < -0.3 is 4.55 Å². The molecule has 1 aromatic rings. The highest BCUT2D eigenvalue weighted by molar-refractivity contribution is 7.91. The van der Waals surface area contributed by atoms with E-state index >= 15 is 0 Å². The van der Waals surface area contributed by atoms with E-state index in [1.807, 2.05) is 33.0 Å². The molecule has 0 amide bonds. The second-order valence-electron chi connectivity index (χ2n) is 7.33. The summed E-state index contributed by atoms with van der Waals surface area (Å²) in [5.74, 6) is 0. The lowest BCUT2D eigenvalue weighted by Gasteiger charge is -2.33. The number of hydrogen-bond donors (Lipinski definition) is 0. The van der Waals surface area contributed by atoms with Gasteiger partial charge >= 0.3 is 0 Å². The lowest BCUT2D eigenvalue weighted by Crippen LogP contribution is -2.34. The van der Waals surface area contributed by atoms with Crippen molar-refractivity contribution in [3.05, 3.63) is 29.6 Å². The number of rotatable bonds is 1. The minimum Gasteiger partial charge on any atom is -0.591 e. The fraction of sp³-hybridized carbons (Fsp3) is 0.647. The van der Waals surface area contributed by atoms with E-state index in [-0.39, 0.29) is 10.2 Å². The highest BCUT2D eigenvalue weighted by atomic mass is 32.2. The van der Waals surface area contributed by atoms with E-state index in [0.717, 1.165) is 30.7 Å². The van der Waals surface area contributed by atoms with Gasteiger partial charge in [0.2, 0.25) is 0 Å². The van der Waals surface area contributed by atoms with Gasteiger partial charge in [0.05, 0.1) is 5.69 Å². The van der Waals surface area contributed by atoms with Crippen molar-refractivity contribution in [2.75, 3.05) is 0 Å². The molecule has 1 fully saturated rings. The monoisotopic (exact) mass is 304 g/mol. The smallest absolute Gasteiger partial charge is 0.144 e. The van der Waals surface area contributed by atoms with Gasteiger partial charge in [-0.15, -0.1) is 0 Å². The lowest BCUT2D eigenvalue weighted by atomic mass is 9.71. The molecule has 21 heavy (non-hydrogen) atoms. The lowest BCUT2D eigenvalue weighted by molar-refractivity contribution is 0.291. The van der Waals surface area contributed by atoms with Crippen LogP contribution >= 0.6 is 0 Å². The quantitative estimate of drug-likeness (QED) is 0.740. The van der Waals surface area contributed by atoms with E-state index < -0.39 is 11.4 Å². The molecule has 2 aliphatic rings. The highest BCUT2D eigenvalue weighted by Gasteiger charge is 2.47. The SMILES string of the molecule is CC(C)(C)[S+]([O-])N=C1c2ncccc2CC12CCCCC2. The van der Waals surface area contributed by atoms with Gasteiger partial charge in [-0.2, -0.15) is 0 Å². The van der Waals surface area contributed by atoms with E-state index in [1.165, 1.54) is 24.8 Å². The normalized spacial score (nSPS) is 24.3. The largest absolute Gasteiger partial charge is 0.591 e. The van der Waals surface area contributed by atoms with Crippen LogP contribution in [0.4, 0.5) is 0 Å². The molecule has 0 N–H and O–H groups in total. The molecule has 3 rings (SSSR count). The number of fused-ring (bicyclic) bond motifs is 1. The van der Waals surface area contributed by atoms with Gasteiger partial charge in [0.25, 0.3) is 0 Å². The first-order valence-corrected chi connectivity index (χ1v) is 8.99. The van der Waals surface area contributed by atoms with Crippen LogP contribution in [0.25, 0.3) is 0 Å². The van der Waals surface area contributed by atoms with Gasteiger partial charge in [0.1, 0.15) is 21.8 Å². The predicted molar refractivity (Wildman–Crippen MR) is 87.9 cm³/mol. The molecule has 2 aliphatic carbocycles. The third-order valence-electron chi connectivity index (χ3n) is 4.66. The van der Waals surface area contributed by atoms with E-state index in [0.29, 0.717) is 0 Å². The molecule has 0 bridgehead atoms. The van der Waals surface area contributed by atoms with Crippen LogP contribution in [0.5, 0.6) is 0 Å². The first kappa shape index (κ1) is 15.0. The Bertz CT molecular complexity index is 556. The van der Waals surface area contributed by atoms with Crippen molar-refractivity contribution in [3.8, 4) is 0 Å². The molecule has 4 heteroatoms. The molecular formula is C17H24N2OS. The molecule has 1 unspecified atom stereocenters. The molecule has 1 aromatic heterocycles. The summed E-state index contributed by atoms with van der Waals surface area (Å²) in [4.78, 5) is 4.56. The van der Waals surface area contributed by atoms with Gasteiger partial charge in [-0.05, 0) is 51.7 Å². The van der Waals surface area contributed by atoms with Crippen LogP contribution in [0.1, 0.15) is 64.1 Å². The van der Waals surface area contributed by atoms with Crippen molar-refractivity contribution < 1.29 is 4.55 Å². The molecule has 1 heterocycles. The third kappa shape index (κ3) is 2.76. The predicted octanol–water partition coefficient (Wildman–Crippen LogP) is 3.84. The average molecular weight is 304 g/mol. The Morgan fingerprint density at radius 1 is 1.24 bits per heavy atom. The first-order chi connectivity index (χ1) is 9.92. The van der Waals surface area contributed by atoms with E-state index in [4.69, 9.17) is 4.40 Å². The highest BCUT2D eigenvalue weighted by Crippen LogP contribution is 2.47. The molecule has 1 atom stereocenters. The zero-order valence-corrected chi connectivity index (χ0v) is 14.0. The maximum Gasteiger partial charge on any atom is 0.144 e. The molecule has 0 aromatic carbocycles. The van der Waals surface area contributed by atoms with Gasteiger partial charge in [-0.1, -0.05) is 29.7 Å². The Morgan fingerprint density at radius 3 is 2.62 bits per heavy atom. The number of aromatic nitrogens is 1. The van der Waals surface area contributed by atoms with Gasteiger partial charge in [-0.3, -0.25) is 4.98 Å². The Hall–Kier alpha value is -0.870. The average Bonchev–Trinajstić information content (AvgIpc) is 2.72. The van der Waals surface area contributed by atoms with Gasteiger partial charge in [0.15, 0.2) is 0 Å². The summed E-state index contributed by atoms with van der Waals surface area (Å²) in [7, 11) is 0. The van der Waals surface area contributed by atoms with E-state index in [1.54, 1.807) is 0 Å². The topological polar surface area (TPSA) is 48.3 Å². The summed E-state index contributed by atoms with van der Waals surface area (Å²) in [5.41, 5.74) is 3.39. The Balaban J connectivity index is 2.05. The van der Waals surface area contributed by atoms with Gasteiger partial charge in [0, 0.05) is 11.6 Å². The van der Waals surface area contributed by atoms with Crippen LogP contribution in [0.2, 0.25) is 0 Å². The molecule has 3 nitrogen and oxygen atoms in total. The van der Waals surface area contributed by atoms with Crippen molar-refractivity contribution in [3.63, 3.8) is 0 Å². The molecule has 114 valence electrons. The second kappa shape index (κ2) is 5.40. The molecule has 1 spiro atoms. The second-order valence-corrected chi connectivity index (χ2v) is 9.24. The van der Waals surface area contributed by atoms with Crippen molar-refractivity contribution in [2.24, 2.45) is 9.81 Å². The summed E-state index contributed by atoms with van der Waals surface area (Å²) in [6.07, 6.45) is 8.96. The zero-order valence-electron chi connectivity index (χ0n) is 13.2.